The third kappa shape index (κ3) is 3.34. The fourth-order valence-electron chi connectivity index (χ4n) is 1.79. The quantitative estimate of drug-likeness (QED) is 0.889. The van der Waals surface area contributed by atoms with Crippen LogP contribution in [0.1, 0.15) is 12.8 Å². The number of nitrogens with one attached hydrogen (secondary N) is 2. The summed E-state index contributed by atoms with van der Waals surface area (Å²) >= 11 is 5.79. The first-order valence-corrected chi connectivity index (χ1v) is 6.15. The monoisotopic (exact) mass is 272 g/mol. The SMILES string of the molecule is O=C(NCC1CCCO1)Nc1c(F)cccc1Cl. The Bertz CT molecular complexity index is 416. The van der Waals surface area contributed by atoms with Gasteiger partial charge in [0.25, 0.3) is 0 Å². The van der Waals surface area contributed by atoms with Gasteiger partial charge in [0.05, 0.1) is 16.8 Å². The van der Waals surface area contributed by atoms with E-state index in [2.05, 4.69) is 10.6 Å². The molecule has 1 aliphatic rings. The first kappa shape index (κ1) is 13.1. The summed E-state index contributed by atoms with van der Waals surface area (Å²) < 4.78 is 18.8. The second-order valence-corrected chi connectivity index (χ2v) is 4.47. The number of carbonyl (C=O) groups excluding carboxylic acids is 1. The largest absolute Gasteiger partial charge is 0.376 e. The molecule has 1 aromatic rings. The third-order valence-corrected chi connectivity index (χ3v) is 3.03. The van der Waals surface area contributed by atoms with Crippen LogP contribution < -0.4 is 10.6 Å². The van der Waals surface area contributed by atoms with Gasteiger partial charge in [-0.2, -0.15) is 0 Å². The lowest BCUT2D eigenvalue weighted by Crippen LogP contribution is -2.35. The fraction of sp³-hybridized carbons (Fsp3) is 0.417. The lowest BCUT2D eigenvalue weighted by molar-refractivity contribution is 0.112. The van der Waals surface area contributed by atoms with E-state index in [-0.39, 0.29) is 16.8 Å². The van der Waals surface area contributed by atoms with Crippen molar-refractivity contribution in [3.63, 3.8) is 0 Å². The molecule has 1 saturated heterocycles. The minimum atomic E-state index is -0.560. The highest BCUT2D eigenvalue weighted by atomic mass is 35.5. The molecule has 0 spiro atoms. The second-order valence-electron chi connectivity index (χ2n) is 4.07. The number of urea groups is 1. The maximum Gasteiger partial charge on any atom is 0.319 e. The minimum Gasteiger partial charge on any atom is -0.376 e. The molecule has 0 bridgehead atoms. The van der Waals surface area contributed by atoms with E-state index in [0.29, 0.717) is 6.54 Å². The van der Waals surface area contributed by atoms with Gasteiger partial charge in [0.1, 0.15) is 5.82 Å². The van der Waals surface area contributed by atoms with Gasteiger partial charge in [-0.3, -0.25) is 0 Å². The van der Waals surface area contributed by atoms with E-state index in [0.717, 1.165) is 19.4 Å². The highest BCUT2D eigenvalue weighted by molar-refractivity contribution is 6.33. The van der Waals surface area contributed by atoms with Crippen molar-refractivity contribution in [3.8, 4) is 0 Å². The number of anilines is 1. The Morgan fingerprint density at radius 2 is 2.39 bits per heavy atom. The molecule has 2 N–H and O–H groups in total. The second kappa shape index (κ2) is 6.02. The molecular weight excluding hydrogens is 259 g/mol. The number of hydrogen-bond donors (Lipinski definition) is 2. The van der Waals surface area contributed by atoms with Crippen molar-refractivity contribution in [2.45, 2.75) is 18.9 Å². The summed E-state index contributed by atoms with van der Waals surface area (Å²) in [4.78, 5) is 11.6. The predicted octanol–water partition coefficient (Wildman–Crippen LogP) is 2.78. The average molecular weight is 273 g/mol. The highest BCUT2D eigenvalue weighted by Crippen LogP contribution is 2.24. The van der Waals surface area contributed by atoms with Crippen LogP contribution in [-0.2, 0) is 4.74 Å². The lowest BCUT2D eigenvalue weighted by Gasteiger charge is -2.12. The van der Waals surface area contributed by atoms with Crippen LogP contribution in [0.2, 0.25) is 5.02 Å². The van der Waals surface area contributed by atoms with Crippen LogP contribution in [0.25, 0.3) is 0 Å². The molecule has 1 heterocycles. The van der Waals surface area contributed by atoms with Crippen molar-refractivity contribution in [1.29, 1.82) is 0 Å². The molecule has 6 heteroatoms. The zero-order valence-electron chi connectivity index (χ0n) is 9.71. The number of halogens is 2. The van der Waals surface area contributed by atoms with Crippen LogP contribution in [0.3, 0.4) is 0 Å². The first-order chi connectivity index (χ1) is 8.66. The topological polar surface area (TPSA) is 50.4 Å². The van der Waals surface area contributed by atoms with Crippen LogP contribution in [0.4, 0.5) is 14.9 Å². The van der Waals surface area contributed by atoms with Gasteiger partial charge in [0, 0.05) is 13.2 Å². The van der Waals surface area contributed by atoms with Crippen LogP contribution >= 0.6 is 11.6 Å². The van der Waals surface area contributed by atoms with E-state index in [1.807, 2.05) is 0 Å². The molecule has 2 rings (SSSR count). The zero-order valence-corrected chi connectivity index (χ0v) is 10.5. The van der Waals surface area contributed by atoms with Gasteiger partial charge >= 0.3 is 6.03 Å². The summed E-state index contributed by atoms with van der Waals surface area (Å²) in [6.07, 6.45) is 1.99. The summed E-state index contributed by atoms with van der Waals surface area (Å²) in [5, 5.41) is 5.19. The molecule has 18 heavy (non-hydrogen) atoms. The highest BCUT2D eigenvalue weighted by Gasteiger charge is 2.17. The maximum atomic E-state index is 13.4. The predicted molar refractivity (Wildman–Crippen MR) is 67.4 cm³/mol. The molecule has 0 aliphatic carbocycles. The van der Waals surface area contributed by atoms with Gasteiger partial charge in [0.2, 0.25) is 0 Å². The normalized spacial score (nSPS) is 18.7. The number of para-hydroxylation sites is 1. The van der Waals surface area contributed by atoms with E-state index in [1.165, 1.54) is 18.2 Å². The molecule has 2 amide bonds. The minimum absolute atomic E-state index is 0.0102. The van der Waals surface area contributed by atoms with Gasteiger partial charge in [-0.25, -0.2) is 9.18 Å². The lowest BCUT2D eigenvalue weighted by atomic mass is 10.2. The summed E-state index contributed by atoms with van der Waals surface area (Å²) in [7, 11) is 0. The van der Waals surface area contributed by atoms with Crippen molar-refractivity contribution in [2.75, 3.05) is 18.5 Å². The Morgan fingerprint density at radius 3 is 3.06 bits per heavy atom. The smallest absolute Gasteiger partial charge is 0.319 e. The molecular formula is C12H14ClFN2O2. The number of ether oxygens (including phenoxy) is 1. The Hall–Kier alpha value is -1.33. The standard InChI is InChI=1S/C12H14ClFN2O2/c13-9-4-1-5-10(14)11(9)16-12(17)15-7-8-3-2-6-18-8/h1,4-5,8H,2-3,6-7H2,(H2,15,16,17). The van der Waals surface area contributed by atoms with Crippen LogP contribution in [0, 0.1) is 5.82 Å². The number of rotatable bonds is 3. The summed E-state index contributed by atoms with van der Waals surface area (Å²) in [5.74, 6) is -0.560. The molecule has 0 aromatic heterocycles. The van der Waals surface area contributed by atoms with Crippen LogP contribution in [0.5, 0.6) is 0 Å². The van der Waals surface area contributed by atoms with E-state index >= 15 is 0 Å². The zero-order chi connectivity index (χ0) is 13.0. The molecule has 1 aliphatic heterocycles. The van der Waals surface area contributed by atoms with Crippen molar-refractivity contribution in [2.24, 2.45) is 0 Å². The molecule has 98 valence electrons. The van der Waals surface area contributed by atoms with Gasteiger partial charge < -0.3 is 15.4 Å². The summed E-state index contributed by atoms with van der Waals surface area (Å²) in [6, 6.07) is 3.74. The van der Waals surface area contributed by atoms with Crippen molar-refractivity contribution < 1.29 is 13.9 Å². The molecule has 0 radical (unpaired) electrons. The van der Waals surface area contributed by atoms with Crippen molar-refractivity contribution in [1.82, 2.24) is 5.32 Å². The first-order valence-electron chi connectivity index (χ1n) is 5.77. The van der Waals surface area contributed by atoms with Crippen LogP contribution in [-0.4, -0.2) is 25.3 Å². The Morgan fingerprint density at radius 1 is 1.56 bits per heavy atom. The van der Waals surface area contributed by atoms with E-state index in [4.69, 9.17) is 16.3 Å². The summed E-state index contributed by atoms with van der Waals surface area (Å²) in [5.41, 5.74) is -0.0102. The van der Waals surface area contributed by atoms with E-state index in [9.17, 15) is 9.18 Å². The van der Waals surface area contributed by atoms with Gasteiger partial charge in [0.15, 0.2) is 0 Å². The molecule has 1 atom stereocenters. The van der Waals surface area contributed by atoms with E-state index in [1.54, 1.807) is 0 Å². The fourth-order valence-corrected chi connectivity index (χ4v) is 2.00. The number of benzene rings is 1. The molecule has 1 fully saturated rings. The molecule has 1 aromatic carbocycles. The van der Waals surface area contributed by atoms with E-state index < -0.39 is 11.8 Å². The molecule has 4 nitrogen and oxygen atoms in total. The Kier molecular flexibility index (Phi) is 4.38. The van der Waals surface area contributed by atoms with Crippen LogP contribution in [0.15, 0.2) is 18.2 Å². The van der Waals surface area contributed by atoms with Gasteiger partial charge in [-0.15, -0.1) is 0 Å². The van der Waals surface area contributed by atoms with Crippen molar-refractivity contribution >= 4 is 23.3 Å². The molecule has 0 saturated carbocycles. The number of amides is 2. The Balaban J connectivity index is 1.86. The Labute approximate surface area is 109 Å². The number of hydrogen-bond acceptors (Lipinski definition) is 2. The van der Waals surface area contributed by atoms with Crippen molar-refractivity contribution in [3.05, 3.63) is 29.0 Å². The van der Waals surface area contributed by atoms with Gasteiger partial charge in [-0.05, 0) is 25.0 Å². The average Bonchev–Trinajstić information content (AvgIpc) is 2.84. The molecule has 1 unspecified atom stereocenters. The van der Waals surface area contributed by atoms with Gasteiger partial charge in [-0.1, -0.05) is 17.7 Å². The summed E-state index contributed by atoms with van der Waals surface area (Å²) in [6.45, 7) is 1.14. The number of carbonyl (C=O) groups is 1. The maximum absolute atomic E-state index is 13.4. The third-order valence-electron chi connectivity index (χ3n) is 2.72.